The Bertz CT molecular complexity index is 519. The Kier molecular flexibility index (Phi) is 3.76. The number of carboxylic acid groups (broad SMARTS) is 1. The summed E-state index contributed by atoms with van der Waals surface area (Å²) in [5, 5.41) is 19.7. The molecule has 0 aliphatic heterocycles. The zero-order valence-corrected chi connectivity index (χ0v) is 12.6. The van der Waals surface area contributed by atoms with Crippen molar-refractivity contribution in [3.8, 4) is 11.5 Å². The topological polar surface area (TPSA) is 66.8 Å². The highest BCUT2D eigenvalue weighted by atomic mass is 79.9. The Morgan fingerprint density at radius 2 is 2.00 bits per heavy atom. The highest BCUT2D eigenvalue weighted by molar-refractivity contribution is 9.10. The molecule has 4 nitrogen and oxygen atoms in total. The number of carbonyl (C=O) groups is 1. The molecular formula is C14H17BrO4. The first-order valence-electron chi connectivity index (χ1n) is 6.24. The van der Waals surface area contributed by atoms with Crippen molar-refractivity contribution < 1.29 is 19.7 Å². The van der Waals surface area contributed by atoms with Crippen LogP contribution < -0.4 is 4.74 Å². The normalized spacial score (nSPS) is 17.4. The van der Waals surface area contributed by atoms with E-state index < -0.39 is 11.4 Å². The molecule has 1 fully saturated rings. The molecule has 1 saturated carbocycles. The molecule has 0 amide bonds. The van der Waals surface area contributed by atoms with Gasteiger partial charge >= 0.3 is 5.97 Å². The van der Waals surface area contributed by atoms with Crippen molar-refractivity contribution >= 4 is 21.9 Å². The summed E-state index contributed by atoms with van der Waals surface area (Å²) in [7, 11) is 1.48. The number of aromatic hydroxyl groups is 1. The van der Waals surface area contributed by atoms with Gasteiger partial charge in [-0.05, 0) is 52.9 Å². The van der Waals surface area contributed by atoms with Gasteiger partial charge in [-0.1, -0.05) is 12.8 Å². The van der Waals surface area contributed by atoms with Crippen LogP contribution in [0.3, 0.4) is 0 Å². The van der Waals surface area contributed by atoms with E-state index in [2.05, 4.69) is 15.9 Å². The van der Waals surface area contributed by atoms with Crippen LogP contribution in [0, 0.1) is 6.92 Å². The van der Waals surface area contributed by atoms with E-state index in [0.717, 1.165) is 18.4 Å². The highest BCUT2D eigenvalue weighted by Crippen LogP contribution is 2.50. The zero-order valence-electron chi connectivity index (χ0n) is 11.0. The van der Waals surface area contributed by atoms with Gasteiger partial charge in [0, 0.05) is 0 Å². The third-order valence-corrected chi connectivity index (χ3v) is 4.74. The summed E-state index contributed by atoms with van der Waals surface area (Å²) >= 11 is 3.34. The molecule has 5 heteroatoms. The van der Waals surface area contributed by atoms with E-state index in [9.17, 15) is 15.0 Å². The summed E-state index contributed by atoms with van der Waals surface area (Å²) < 4.78 is 5.53. The van der Waals surface area contributed by atoms with Crippen LogP contribution in [-0.2, 0) is 10.2 Å². The number of benzene rings is 1. The minimum absolute atomic E-state index is 0.0318. The second kappa shape index (κ2) is 5.04. The lowest BCUT2D eigenvalue weighted by molar-refractivity contribution is -0.143. The molecule has 104 valence electrons. The molecule has 1 aliphatic carbocycles. The Balaban J connectivity index is 2.68. The van der Waals surface area contributed by atoms with Gasteiger partial charge in [0.15, 0.2) is 11.5 Å². The molecular weight excluding hydrogens is 312 g/mol. The average Bonchev–Trinajstić information content (AvgIpc) is 2.84. The SMILES string of the molecule is COc1cc(C)c(C2(C(=O)O)CCCC2)c(Br)c1O. The van der Waals surface area contributed by atoms with Crippen LogP contribution in [0.25, 0.3) is 0 Å². The molecule has 0 spiro atoms. The molecule has 0 atom stereocenters. The summed E-state index contributed by atoms with van der Waals surface area (Å²) in [5.41, 5.74) is 0.605. The van der Waals surface area contributed by atoms with Gasteiger partial charge in [0.1, 0.15) is 0 Å². The number of ether oxygens (including phenoxy) is 1. The smallest absolute Gasteiger partial charge is 0.314 e. The van der Waals surface area contributed by atoms with Crippen LogP contribution in [0.4, 0.5) is 0 Å². The van der Waals surface area contributed by atoms with Crippen molar-refractivity contribution in [2.45, 2.75) is 38.0 Å². The number of aryl methyl sites for hydroxylation is 1. The standard InChI is InChI=1S/C14H17BrO4/c1-8-7-9(19-2)12(16)11(15)10(8)14(13(17)18)5-3-4-6-14/h7,16H,3-6H2,1-2H3,(H,17,18). The van der Waals surface area contributed by atoms with Gasteiger partial charge in [-0.3, -0.25) is 4.79 Å². The molecule has 0 aromatic heterocycles. The molecule has 0 heterocycles. The van der Waals surface area contributed by atoms with Gasteiger partial charge in [0.05, 0.1) is 17.0 Å². The Morgan fingerprint density at radius 1 is 1.42 bits per heavy atom. The first-order valence-corrected chi connectivity index (χ1v) is 7.03. The van der Waals surface area contributed by atoms with Gasteiger partial charge in [0.25, 0.3) is 0 Å². The maximum Gasteiger partial charge on any atom is 0.314 e. The summed E-state index contributed by atoms with van der Waals surface area (Å²) in [6, 6.07) is 1.69. The van der Waals surface area contributed by atoms with Gasteiger partial charge in [-0.2, -0.15) is 0 Å². The fourth-order valence-corrected chi connectivity index (χ4v) is 3.92. The fraction of sp³-hybridized carbons (Fsp3) is 0.500. The number of phenols is 1. The quantitative estimate of drug-likeness (QED) is 0.892. The lowest BCUT2D eigenvalue weighted by atomic mass is 9.76. The first kappa shape index (κ1) is 14.2. The molecule has 1 aliphatic rings. The first-order chi connectivity index (χ1) is 8.94. The maximum absolute atomic E-state index is 11.8. The Labute approximate surface area is 120 Å². The van der Waals surface area contributed by atoms with Crippen LogP contribution >= 0.6 is 15.9 Å². The second-order valence-corrected chi connectivity index (χ2v) is 5.82. The van der Waals surface area contributed by atoms with Crippen molar-refractivity contribution in [2.75, 3.05) is 7.11 Å². The van der Waals surface area contributed by atoms with Gasteiger partial charge in [0.2, 0.25) is 0 Å². The summed E-state index contributed by atoms with van der Waals surface area (Å²) in [6.07, 6.45) is 3.00. The van der Waals surface area contributed by atoms with Crippen LogP contribution in [0.5, 0.6) is 11.5 Å². The van der Waals surface area contributed by atoms with Crippen molar-refractivity contribution in [1.29, 1.82) is 0 Å². The molecule has 1 aromatic rings. The van der Waals surface area contributed by atoms with Crippen molar-refractivity contribution in [1.82, 2.24) is 0 Å². The molecule has 1 aromatic carbocycles. The number of aliphatic carboxylic acids is 1. The van der Waals surface area contributed by atoms with E-state index in [1.807, 2.05) is 6.92 Å². The van der Waals surface area contributed by atoms with E-state index in [4.69, 9.17) is 4.74 Å². The molecule has 0 radical (unpaired) electrons. The van der Waals surface area contributed by atoms with E-state index >= 15 is 0 Å². The van der Waals surface area contributed by atoms with Crippen LogP contribution in [0.2, 0.25) is 0 Å². The minimum Gasteiger partial charge on any atom is -0.503 e. The molecule has 19 heavy (non-hydrogen) atoms. The number of halogens is 1. The van der Waals surface area contributed by atoms with E-state index in [0.29, 0.717) is 28.6 Å². The summed E-state index contributed by atoms with van der Waals surface area (Å²) in [5.74, 6) is -0.499. The number of methoxy groups -OCH3 is 1. The van der Waals surface area contributed by atoms with Gasteiger partial charge < -0.3 is 14.9 Å². The van der Waals surface area contributed by atoms with Crippen LogP contribution in [0.1, 0.15) is 36.8 Å². The van der Waals surface area contributed by atoms with Crippen LogP contribution in [0.15, 0.2) is 10.5 Å². The third-order valence-electron chi connectivity index (χ3n) is 3.97. The van der Waals surface area contributed by atoms with Crippen LogP contribution in [-0.4, -0.2) is 23.3 Å². The van der Waals surface area contributed by atoms with Gasteiger partial charge in [-0.25, -0.2) is 0 Å². The fourth-order valence-electron chi connectivity index (χ4n) is 3.03. The average molecular weight is 329 g/mol. The van der Waals surface area contributed by atoms with E-state index in [1.54, 1.807) is 6.07 Å². The highest BCUT2D eigenvalue weighted by Gasteiger charge is 2.45. The second-order valence-electron chi connectivity index (χ2n) is 5.03. The number of rotatable bonds is 3. The Morgan fingerprint density at radius 3 is 2.47 bits per heavy atom. The molecule has 2 N–H and O–H groups in total. The molecule has 0 saturated heterocycles. The number of hydrogen-bond donors (Lipinski definition) is 2. The van der Waals surface area contributed by atoms with Gasteiger partial charge in [-0.15, -0.1) is 0 Å². The largest absolute Gasteiger partial charge is 0.503 e. The number of phenolic OH excluding ortho intramolecular Hbond substituents is 1. The zero-order chi connectivity index (χ0) is 14.2. The summed E-state index contributed by atoms with van der Waals surface area (Å²) in [4.78, 5) is 11.8. The lowest BCUT2D eigenvalue weighted by Crippen LogP contribution is -2.33. The van der Waals surface area contributed by atoms with E-state index in [-0.39, 0.29) is 5.75 Å². The maximum atomic E-state index is 11.8. The van der Waals surface area contributed by atoms with Crippen molar-refractivity contribution in [3.05, 3.63) is 21.7 Å². The Hall–Kier alpha value is -1.23. The minimum atomic E-state index is -0.896. The van der Waals surface area contributed by atoms with Crippen molar-refractivity contribution in [2.24, 2.45) is 0 Å². The van der Waals surface area contributed by atoms with Crippen molar-refractivity contribution in [3.63, 3.8) is 0 Å². The molecule has 0 unspecified atom stereocenters. The lowest BCUT2D eigenvalue weighted by Gasteiger charge is -2.28. The predicted molar refractivity (Wildman–Crippen MR) is 74.9 cm³/mol. The monoisotopic (exact) mass is 328 g/mol. The van der Waals surface area contributed by atoms with E-state index in [1.165, 1.54) is 7.11 Å². The predicted octanol–water partition coefficient (Wildman–Crippen LogP) is 3.37. The molecule has 0 bridgehead atoms. The summed E-state index contributed by atoms with van der Waals surface area (Å²) in [6.45, 7) is 1.85. The number of carboxylic acids is 1. The third kappa shape index (κ3) is 2.10. The number of hydrogen-bond acceptors (Lipinski definition) is 3. The molecule has 2 rings (SSSR count).